The Morgan fingerprint density at radius 2 is 1.75 bits per heavy atom. The Morgan fingerprint density at radius 3 is 2.50 bits per heavy atom. The van der Waals surface area contributed by atoms with Crippen molar-refractivity contribution in [3.8, 4) is 5.75 Å². The van der Waals surface area contributed by atoms with Crippen LogP contribution in [0.1, 0.15) is 24.8 Å². The molecule has 166 valence electrons. The number of ether oxygens (including phenoxy) is 1. The van der Waals surface area contributed by atoms with E-state index in [0.717, 1.165) is 46.1 Å². The quantitative estimate of drug-likeness (QED) is 0.288. The van der Waals surface area contributed by atoms with E-state index in [1.165, 1.54) is 6.42 Å². The lowest BCUT2D eigenvalue weighted by Gasteiger charge is -2.26. The van der Waals surface area contributed by atoms with Gasteiger partial charge >= 0.3 is 0 Å². The standard InChI is InChI=1S/C22H23Br2N7O/c1-32-19-15(12-16(23)13-18(19)24)14-25-30-21-27-20(26-17-8-4-2-5-9-17)28-22(29-21)31-10-6-3-7-11-31/h2,4-5,8-9,12-14H,3,6-7,10-11H2,1H3,(H2,26,27,28,29,30). The minimum absolute atomic E-state index is 0.364. The number of methoxy groups -OCH3 is 1. The van der Waals surface area contributed by atoms with Crippen LogP contribution in [0.3, 0.4) is 0 Å². The molecule has 1 aliphatic rings. The summed E-state index contributed by atoms with van der Waals surface area (Å²) in [5, 5.41) is 7.59. The van der Waals surface area contributed by atoms with Gasteiger partial charge < -0.3 is 15.0 Å². The zero-order valence-electron chi connectivity index (χ0n) is 17.6. The molecule has 0 amide bonds. The molecule has 1 fully saturated rings. The minimum Gasteiger partial charge on any atom is -0.495 e. The molecule has 10 heteroatoms. The van der Waals surface area contributed by atoms with Crippen LogP contribution in [-0.2, 0) is 0 Å². The van der Waals surface area contributed by atoms with Crippen LogP contribution in [0, 0.1) is 0 Å². The smallest absolute Gasteiger partial charge is 0.250 e. The Hall–Kier alpha value is -2.72. The van der Waals surface area contributed by atoms with Crippen LogP contribution in [0.15, 0.2) is 56.5 Å². The van der Waals surface area contributed by atoms with Crippen LogP contribution in [0.25, 0.3) is 0 Å². The minimum atomic E-state index is 0.364. The third kappa shape index (κ3) is 5.74. The number of rotatable bonds is 7. The molecule has 1 saturated heterocycles. The first-order valence-corrected chi connectivity index (χ1v) is 11.9. The Labute approximate surface area is 203 Å². The van der Waals surface area contributed by atoms with Gasteiger partial charge in [-0.3, -0.25) is 0 Å². The molecule has 0 atom stereocenters. The highest BCUT2D eigenvalue weighted by atomic mass is 79.9. The van der Waals surface area contributed by atoms with Gasteiger partial charge in [-0.25, -0.2) is 5.43 Å². The van der Waals surface area contributed by atoms with Crippen LogP contribution in [0.2, 0.25) is 0 Å². The van der Waals surface area contributed by atoms with E-state index in [1.807, 2.05) is 42.5 Å². The van der Waals surface area contributed by atoms with Crippen LogP contribution in [-0.4, -0.2) is 41.4 Å². The lowest BCUT2D eigenvalue weighted by molar-refractivity contribution is 0.411. The molecule has 0 saturated carbocycles. The first-order valence-electron chi connectivity index (χ1n) is 10.3. The zero-order chi connectivity index (χ0) is 22.3. The molecule has 3 aromatic rings. The first-order chi connectivity index (χ1) is 15.6. The Morgan fingerprint density at radius 1 is 1.00 bits per heavy atom. The maximum absolute atomic E-state index is 5.47. The first kappa shape index (κ1) is 22.5. The van der Waals surface area contributed by atoms with Crippen molar-refractivity contribution < 1.29 is 4.74 Å². The number of halogens is 2. The summed E-state index contributed by atoms with van der Waals surface area (Å²) in [6, 6.07) is 13.7. The summed E-state index contributed by atoms with van der Waals surface area (Å²) >= 11 is 7.00. The summed E-state index contributed by atoms with van der Waals surface area (Å²) in [5.41, 5.74) is 4.65. The highest BCUT2D eigenvalue weighted by Gasteiger charge is 2.16. The fraction of sp³-hybridized carbons (Fsp3) is 0.273. The molecule has 0 unspecified atom stereocenters. The van der Waals surface area contributed by atoms with Crippen molar-refractivity contribution in [1.29, 1.82) is 0 Å². The van der Waals surface area contributed by atoms with Gasteiger partial charge in [0.15, 0.2) is 0 Å². The predicted molar refractivity (Wildman–Crippen MR) is 135 cm³/mol. The summed E-state index contributed by atoms with van der Waals surface area (Å²) in [6.45, 7) is 1.86. The number of hydrogen-bond acceptors (Lipinski definition) is 8. The molecule has 2 heterocycles. The number of hydrogen-bond donors (Lipinski definition) is 2. The molecule has 0 bridgehead atoms. The number of para-hydroxylation sites is 1. The van der Waals surface area contributed by atoms with E-state index in [4.69, 9.17) is 4.74 Å². The molecule has 32 heavy (non-hydrogen) atoms. The van der Waals surface area contributed by atoms with Gasteiger partial charge in [0.1, 0.15) is 5.75 Å². The molecular formula is C22H23Br2N7O. The number of piperidine rings is 1. The van der Waals surface area contributed by atoms with Gasteiger partial charge in [-0.1, -0.05) is 34.1 Å². The van der Waals surface area contributed by atoms with Gasteiger partial charge in [0.05, 0.1) is 17.8 Å². The maximum atomic E-state index is 5.47. The van der Waals surface area contributed by atoms with E-state index < -0.39 is 0 Å². The Bertz CT molecular complexity index is 1090. The fourth-order valence-corrected chi connectivity index (χ4v) is 4.83. The molecule has 1 aliphatic heterocycles. The van der Waals surface area contributed by atoms with E-state index in [-0.39, 0.29) is 0 Å². The highest BCUT2D eigenvalue weighted by molar-refractivity contribution is 9.11. The van der Waals surface area contributed by atoms with Crippen molar-refractivity contribution in [1.82, 2.24) is 15.0 Å². The van der Waals surface area contributed by atoms with Crippen molar-refractivity contribution in [2.24, 2.45) is 5.10 Å². The highest BCUT2D eigenvalue weighted by Crippen LogP contribution is 2.31. The topological polar surface area (TPSA) is 87.6 Å². The van der Waals surface area contributed by atoms with Gasteiger partial charge in [0, 0.05) is 28.8 Å². The number of nitrogens with zero attached hydrogens (tertiary/aromatic N) is 5. The van der Waals surface area contributed by atoms with Crippen molar-refractivity contribution in [3.05, 3.63) is 57.0 Å². The lowest BCUT2D eigenvalue weighted by Crippen LogP contribution is -2.31. The summed E-state index contributed by atoms with van der Waals surface area (Å²) in [7, 11) is 1.62. The van der Waals surface area contributed by atoms with Crippen molar-refractivity contribution in [2.75, 3.05) is 35.8 Å². The van der Waals surface area contributed by atoms with Crippen LogP contribution in [0.5, 0.6) is 5.75 Å². The average Bonchev–Trinajstić information content (AvgIpc) is 2.80. The third-order valence-electron chi connectivity index (χ3n) is 4.90. The van der Waals surface area contributed by atoms with Crippen LogP contribution < -0.4 is 20.4 Å². The lowest BCUT2D eigenvalue weighted by atomic mass is 10.1. The van der Waals surface area contributed by atoms with Crippen LogP contribution >= 0.6 is 31.9 Å². The molecule has 1 aromatic heterocycles. The van der Waals surface area contributed by atoms with E-state index in [1.54, 1.807) is 13.3 Å². The molecule has 2 N–H and O–H groups in total. The number of aromatic nitrogens is 3. The molecular weight excluding hydrogens is 538 g/mol. The number of anilines is 4. The van der Waals surface area contributed by atoms with Gasteiger partial charge in [-0.2, -0.15) is 20.1 Å². The summed E-state index contributed by atoms with van der Waals surface area (Å²) in [5.74, 6) is 2.16. The largest absolute Gasteiger partial charge is 0.495 e. The van der Waals surface area contributed by atoms with E-state index >= 15 is 0 Å². The Kier molecular flexibility index (Phi) is 7.54. The monoisotopic (exact) mass is 559 g/mol. The second kappa shape index (κ2) is 10.7. The molecule has 0 radical (unpaired) electrons. The predicted octanol–water partition coefficient (Wildman–Crippen LogP) is 5.59. The van der Waals surface area contributed by atoms with Gasteiger partial charge in [0.2, 0.25) is 17.8 Å². The summed E-state index contributed by atoms with van der Waals surface area (Å²) < 4.78 is 7.22. The van der Waals surface area contributed by atoms with Gasteiger partial charge in [-0.05, 0) is 59.5 Å². The van der Waals surface area contributed by atoms with Gasteiger partial charge in [-0.15, -0.1) is 0 Å². The fourth-order valence-electron chi connectivity index (χ4n) is 3.41. The molecule has 0 spiro atoms. The van der Waals surface area contributed by atoms with E-state index in [0.29, 0.717) is 23.6 Å². The molecule has 2 aromatic carbocycles. The van der Waals surface area contributed by atoms with Crippen LogP contribution in [0.4, 0.5) is 23.5 Å². The number of benzene rings is 2. The van der Waals surface area contributed by atoms with E-state index in [9.17, 15) is 0 Å². The Balaban J connectivity index is 1.59. The molecule has 4 rings (SSSR count). The normalized spacial score (nSPS) is 13.9. The third-order valence-corrected chi connectivity index (χ3v) is 5.95. The average molecular weight is 561 g/mol. The summed E-state index contributed by atoms with van der Waals surface area (Å²) in [6.07, 6.45) is 5.16. The zero-order valence-corrected chi connectivity index (χ0v) is 20.7. The SMILES string of the molecule is COc1c(Br)cc(Br)cc1C=NNc1nc(Nc2ccccc2)nc(N2CCCCC2)n1. The van der Waals surface area contributed by atoms with Crippen molar-refractivity contribution >= 4 is 61.6 Å². The number of hydrazone groups is 1. The maximum Gasteiger partial charge on any atom is 0.250 e. The van der Waals surface area contributed by atoms with Crippen molar-refractivity contribution in [2.45, 2.75) is 19.3 Å². The van der Waals surface area contributed by atoms with Crippen molar-refractivity contribution in [3.63, 3.8) is 0 Å². The molecule has 8 nitrogen and oxygen atoms in total. The second-order valence-electron chi connectivity index (χ2n) is 7.20. The van der Waals surface area contributed by atoms with Gasteiger partial charge in [0.25, 0.3) is 0 Å². The number of nitrogens with one attached hydrogen (secondary N) is 2. The summed E-state index contributed by atoms with van der Waals surface area (Å²) in [4.78, 5) is 15.9. The van der Waals surface area contributed by atoms with E-state index in [2.05, 4.69) is 67.6 Å². The molecule has 0 aliphatic carbocycles. The second-order valence-corrected chi connectivity index (χ2v) is 8.97.